The van der Waals surface area contributed by atoms with Crippen molar-refractivity contribution in [2.24, 2.45) is 0 Å². The maximum absolute atomic E-state index is 12.1. The van der Waals surface area contributed by atoms with Crippen molar-refractivity contribution in [3.8, 4) is 0 Å². The van der Waals surface area contributed by atoms with Crippen LogP contribution < -0.4 is 0 Å². The molecule has 6 nitrogen and oxygen atoms in total. The Bertz CT molecular complexity index is 713. The SMILES string of the molecule is CCCCCCCCCCCCCCCCCCOC(=O)c1ccc(C(=O)O)c(C(=O)O)c1. The van der Waals surface area contributed by atoms with Crippen molar-refractivity contribution in [1.82, 2.24) is 0 Å². The maximum atomic E-state index is 12.1. The summed E-state index contributed by atoms with van der Waals surface area (Å²) in [4.78, 5) is 34.4. The molecule has 0 atom stereocenters. The number of rotatable bonds is 20. The minimum Gasteiger partial charge on any atom is -0.478 e. The normalized spacial score (nSPS) is 10.8. The number of carboxylic acids is 2. The van der Waals surface area contributed by atoms with Crippen LogP contribution in [0.4, 0.5) is 0 Å². The number of aromatic carboxylic acids is 2. The molecule has 0 aliphatic rings. The highest BCUT2D eigenvalue weighted by atomic mass is 16.5. The van der Waals surface area contributed by atoms with Crippen molar-refractivity contribution in [3.63, 3.8) is 0 Å². The number of carbonyl (C=O) groups excluding carboxylic acids is 1. The summed E-state index contributed by atoms with van der Waals surface area (Å²) in [6, 6.07) is 3.46. The molecule has 1 rings (SSSR count). The van der Waals surface area contributed by atoms with Crippen molar-refractivity contribution in [1.29, 1.82) is 0 Å². The molecule has 0 aliphatic heterocycles. The van der Waals surface area contributed by atoms with Crippen molar-refractivity contribution >= 4 is 17.9 Å². The van der Waals surface area contributed by atoms with E-state index in [2.05, 4.69) is 6.92 Å². The fourth-order valence-corrected chi connectivity index (χ4v) is 3.93. The van der Waals surface area contributed by atoms with E-state index in [-0.39, 0.29) is 17.7 Å². The molecular weight excluding hydrogens is 420 g/mol. The number of carbonyl (C=O) groups is 3. The van der Waals surface area contributed by atoms with Crippen LogP contribution in [-0.4, -0.2) is 34.7 Å². The van der Waals surface area contributed by atoms with E-state index in [0.717, 1.165) is 31.4 Å². The molecule has 1 aromatic rings. The largest absolute Gasteiger partial charge is 0.478 e. The first-order valence-electron chi connectivity index (χ1n) is 12.7. The third kappa shape index (κ3) is 13.1. The molecule has 0 spiro atoms. The second kappa shape index (κ2) is 18.1. The van der Waals surface area contributed by atoms with Gasteiger partial charge in [-0.1, -0.05) is 103 Å². The summed E-state index contributed by atoms with van der Waals surface area (Å²) >= 11 is 0. The van der Waals surface area contributed by atoms with E-state index in [4.69, 9.17) is 14.9 Å². The average molecular weight is 463 g/mol. The van der Waals surface area contributed by atoms with Gasteiger partial charge in [0.2, 0.25) is 0 Å². The Morgan fingerprint density at radius 3 is 1.48 bits per heavy atom. The molecule has 33 heavy (non-hydrogen) atoms. The zero-order chi connectivity index (χ0) is 24.3. The lowest BCUT2D eigenvalue weighted by atomic mass is 10.0. The Morgan fingerprint density at radius 2 is 1.06 bits per heavy atom. The number of ether oxygens (including phenoxy) is 1. The number of benzene rings is 1. The van der Waals surface area contributed by atoms with Crippen LogP contribution >= 0.6 is 0 Å². The Kier molecular flexibility index (Phi) is 15.7. The molecule has 1 aromatic carbocycles. The zero-order valence-electron chi connectivity index (χ0n) is 20.3. The molecule has 0 heterocycles. The van der Waals surface area contributed by atoms with Crippen molar-refractivity contribution in [2.75, 3.05) is 6.61 Å². The summed E-state index contributed by atoms with van der Waals surface area (Å²) in [6.45, 7) is 2.53. The number of esters is 1. The number of unbranched alkanes of at least 4 members (excludes halogenated alkanes) is 15. The summed E-state index contributed by atoms with van der Waals surface area (Å²) < 4.78 is 5.20. The molecule has 0 radical (unpaired) electrons. The predicted molar refractivity (Wildman–Crippen MR) is 130 cm³/mol. The zero-order valence-corrected chi connectivity index (χ0v) is 20.3. The molecule has 6 heteroatoms. The second-order valence-electron chi connectivity index (χ2n) is 8.81. The monoisotopic (exact) mass is 462 g/mol. The van der Waals surface area contributed by atoms with Gasteiger partial charge in [-0.25, -0.2) is 14.4 Å². The van der Waals surface area contributed by atoms with Gasteiger partial charge in [0.05, 0.1) is 23.3 Å². The molecule has 0 bridgehead atoms. The molecule has 0 fully saturated rings. The summed E-state index contributed by atoms with van der Waals surface area (Å²) in [5, 5.41) is 18.2. The van der Waals surface area contributed by atoms with Crippen LogP contribution in [-0.2, 0) is 4.74 Å². The lowest BCUT2D eigenvalue weighted by Crippen LogP contribution is -2.12. The minimum atomic E-state index is -1.39. The molecule has 2 N–H and O–H groups in total. The topological polar surface area (TPSA) is 101 Å². The Morgan fingerprint density at radius 1 is 0.636 bits per heavy atom. The first-order chi connectivity index (χ1) is 16.0. The van der Waals surface area contributed by atoms with E-state index in [1.54, 1.807) is 0 Å². The van der Waals surface area contributed by atoms with E-state index < -0.39 is 23.5 Å². The summed E-state index contributed by atoms with van der Waals surface area (Å²) in [7, 11) is 0. The van der Waals surface area contributed by atoms with E-state index in [0.29, 0.717) is 0 Å². The number of carboxylic acid groups (broad SMARTS) is 2. The molecule has 0 saturated heterocycles. The quantitative estimate of drug-likeness (QED) is 0.154. The van der Waals surface area contributed by atoms with Crippen LogP contribution in [0.15, 0.2) is 18.2 Å². The summed E-state index contributed by atoms with van der Waals surface area (Å²) in [6.07, 6.45) is 20.3. The standard InChI is InChI=1S/C27H42O6/c1-2-3-4-5-6-7-8-9-10-11-12-13-14-15-16-17-20-33-27(32)22-18-19-23(25(28)29)24(21-22)26(30)31/h18-19,21H,2-17,20H2,1H3,(H,28,29)(H,30,31). The molecular formula is C27H42O6. The Hall–Kier alpha value is -2.37. The van der Waals surface area contributed by atoms with Crippen LogP contribution in [0.3, 0.4) is 0 Å². The first-order valence-corrected chi connectivity index (χ1v) is 12.7. The molecule has 0 aromatic heterocycles. The third-order valence-corrected chi connectivity index (χ3v) is 5.95. The van der Waals surface area contributed by atoms with Crippen LogP contribution in [0, 0.1) is 0 Å². The number of hydrogen-bond acceptors (Lipinski definition) is 4. The molecule has 0 aliphatic carbocycles. The molecule has 0 amide bonds. The molecule has 186 valence electrons. The van der Waals surface area contributed by atoms with Crippen molar-refractivity contribution < 1.29 is 29.3 Å². The fourth-order valence-electron chi connectivity index (χ4n) is 3.93. The molecule has 0 unspecified atom stereocenters. The van der Waals surface area contributed by atoms with Gasteiger partial charge in [0, 0.05) is 0 Å². The van der Waals surface area contributed by atoms with Crippen LogP contribution in [0.1, 0.15) is 141 Å². The van der Waals surface area contributed by atoms with Gasteiger partial charge in [-0.2, -0.15) is 0 Å². The summed E-state index contributed by atoms with van der Waals surface area (Å²) in [5.41, 5.74) is -0.717. The van der Waals surface area contributed by atoms with E-state index in [9.17, 15) is 14.4 Å². The lowest BCUT2D eigenvalue weighted by Gasteiger charge is -2.07. The van der Waals surface area contributed by atoms with Gasteiger partial charge in [0.1, 0.15) is 0 Å². The van der Waals surface area contributed by atoms with Gasteiger partial charge in [0.25, 0.3) is 0 Å². The summed E-state index contributed by atoms with van der Waals surface area (Å²) in [5.74, 6) is -3.37. The highest BCUT2D eigenvalue weighted by molar-refractivity contribution is 6.03. The van der Waals surface area contributed by atoms with Gasteiger partial charge < -0.3 is 14.9 Å². The lowest BCUT2D eigenvalue weighted by molar-refractivity contribution is 0.0496. The first kappa shape index (κ1) is 28.7. The Labute approximate surface area is 198 Å². The smallest absolute Gasteiger partial charge is 0.338 e. The van der Waals surface area contributed by atoms with Gasteiger partial charge in [0.15, 0.2) is 0 Å². The van der Waals surface area contributed by atoms with Crippen molar-refractivity contribution in [2.45, 2.75) is 110 Å². The molecule has 0 saturated carbocycles. The van der Waals surface area contributed by atoms with Gasteiger partial charge in [-0.3, -0.25) is 0 Å². The average Bonchev–Trinajstić information content (AvgIpc) is 2.80. The second-order valence-corrected chi connectivity index (χ2v) is 8.81. The third-order valence-electron chi connectivity index (χ3n) is 5.95. The van der Waals surface area contributed by atoms with Crippen molar-refractivity contribution in [3.05, 3.63) is 34.9 Å². The van der Waals surface area contributed by atoms with Gasteiger partial charge >= 0.3 is 17.9 Å². The van der Waals surface area contributed by atoms with E-state index >= 15 is 0 Å². The van der Waals surface area contributed by atoms with Crippen LogP contribution in [0.25, 0.3) is 0 Å². The Balaban J connectivity index is 2.01. The van der Waals surface area contributed by atoms with Gasteiger partial charge in [-0.05, 0) is 24.6 Å². The highest BCUT2D eigenvalue weighted by Crippen LogP contribution is 2.15. The van der Waals surface area contributed by atoms with E-state index in [1.807, 2.05) is 0 Å². The van der Waals surface area contributed by atoms with Crippen LogP contribution in [0.5, 0.6) is 0 Å². The maximum Gasteiger partial charge on any atom is 0.338 e. The highest BCUT2D eigenvalue weighted by Gasteiger charge is 2.19. The fraction of sp³-hybridized carbons (Fsp3) is 0.667. The van der Waals surface area contributed by atoms with E-state index in [1.165, 1.54) is 89.5 Å². The predicted octanol–water partition coefficient (Wildman–Crippen LogP) is 7.50. The minimum absolute atomic E-state index is 0.0499. The number of hydrogen-bond donors (Lipinski definition) is 2. The van der Waals surface area contributed by atoms with Gasteiger partial charge in [-0.15, -0.1) is 0 Å². The van der Waals surface area contributed by atoms with Crippen LogP contribution in [0.2, 0.25) is 0 Å².